The molecule has 0 saturated carbocycles. The summed E-state index contributed by atoms with van der Waals surface area (Å²) in [5, 5.41) is 6.15. The van der Waals surface area contributed by atoms with Gasteiger partial charge in [-0.2, -0.15) is 0 Å². The number of fused-ring (bicyclic) bond motifs is 2. The van der Waals surface area contributed by atoms with E-state index in [0.717, 1.165) is 35.3 Å². The van der Waals surface area contributed by atoms with Gasteiger partial charge in [0.25, 0.3) is 5.91 Å². The lowest BCUT2D eigenvalue weighted by molar-refractivity contribution is -0.127. The highest BCUT2D eigenvalue weighted by atomic mass is 19.1. The minimum absolute atomic E-state index is 0.114. The van der Waals surface area contributed by atoms with Crippen LogP contribution >= 0.6 is 0 Å². The number of anilines is 2. The number of aromatic nitrogens is 3. The van der Waals surface area contributed by atoms with Crippen molar-refractivity contribution in [2.24, 2.45) is 0 Å². The third-order valence-electron chi connectivity index (χ3n) is 6.60. The number of likely N-dealkylation sites (N-methyl/N-ethyl adjacent to an activating group) is 1. The number of benzene rings is 1. The van der Waals surface area contributed by atoms with Crippen molar-refractivity contribution >= 4 is 29.0 Å². The smallest absolute Gasteiger partial charge is 0.254 e. The summed E-state index contributed by atoms with van der Waals surface area (Å²) in [5.41, 5.74) is 5.06. The molecule has 9 heteroatoms. The average molecular weight is 456 g/mol. The highest BCUT2D eigenvalue weighted by Crippen LogP contribution is 2.35. The van der Waals surface area contributed by atoms with Crippen molar-refractivity contribution < 1.29 is 14.0 Å². The van der Waals surface area contributed by atoms with Crippen LogP contribution < -0.4 is 10.6 Å². The number of imidazole rings is 1. The lowest BCUT2D eigenvalue weighted by atomic mass is 9.98. The molecular weight excluding hydrogens is 435 g/mol. The van der Waals surface area contributed by atoms with Crippen LogP contribution in [0.2, 0.25) is 0 Å². The third kappa shape index (κ3) is 3.20. The summed E-state index contributed by atoms with van der Waals surface area (Å²) in [4.78, 5) is 35.5. The van der Waals surface area contributed by atoms with E-state index in [1.165, 1.54) is 12.1 Å². The lowest BCUT2D eigenvalue weighted by Crippen LogP contribution is -2.21. The minimum Gasteiger partial charge on any atom is -0.348 e. The number of halogens is 1. The highest BCUT2D eigenvalue weighted by molar-refractivity contribution is 6.06. The zero-order chi connectivity index (χ0) is 23.4. The van der Waals surface area contributed by atoms with Crippen molar-refractivity contribution in [1.82, 2.24) is 24.6 Å². The fourth-order valence-electron chi connectivity index (χ4n) is 4.80. The van der Waals surface area contributed by atoms with Gasteiger partial charge in [0.1, 0.15) is 17.3 Å². The molecule has 170 valence electrons. The van der Waals surface area contributed by atoms with Gasteiger partial charge in [-0.15, -0.1) is 0 Å². The van der Waals surface area contributed by atoms with E-state index in [1.54, 1.807) is 27.9 Å². The molecule has 1 saturated heterocycles. The van der Waals surface area contributed by atoms with Crippen molar-refractivity contribution in [3.05, 3.63) is 77.5 Å². The molecular formula is C25H21FN6O2. The molecule has 5 heterocycles. The van der Waals surface area contributed by atoms with E-state index in [2.05, 4.69) is 20.6 Å². The van der Waals surface area contributed by atoms with Gasteiger partial charge in [0.05, 0.1) is 29.1 Å². The lowest BCUT2D eigenvalue weighted by Gasteiger charge is -2.14. The van der Waals surface area contributed by atoms with Crippen molar-refractivity contribution in [2.75, 3.05) is 18.9 Å². The maximum atomic E-state index is 13.6. The molecule has 2 N–H and O–H groups in total. The molecule has 3 aromatic heterocycles. The van der Waals surface area contributed by atoms with E-state index in [9.17, 15) is 14.0 Å². The van der Waals surface area contributed by atoms with Gasteiger partial charge in [0.15, 0.2) is 0 Å². The first-order valence-electron chi connectivity index (χ1n) is 11.0. The Morgan fingerprint density at radius 1 is 1.12 bits per heavy atom. The van der Waals surface area contributed by atoms with Crippen molar-refractivity contribution in [2.45, 2.75) is 18.9 Å². The second kappa shape index (κ2) is 7.65. The van der Waals surface area contributed by atoms with Gasteiger partial charge in [-0.3, -0.25) is 14.0 Å². The van der Waals surface area contributed by atoms with Crippen molar-refractivity contribution in [3.8, 4) is 11.3 Å². The van der Waals surface area contributed by atoms with Gasteiger partial charge >= 0.3 is 0 Å². The van der Waals surface area contributed by atoms with Crippen LogP contribution in [0.1, 0.15) is 33.8 Å². The summed E-state index contributed by atoms with van der Waals surface area (Å²) in [7, 11) is 1.81. The Balaban J connectivity index is 1.33. The number of rotatable bonds is 4. The van der Waals surface area contributed by atoms with Crippen LogP contribution in [0.3, 0.4) is 0 Å². The molecule has 34 heavy (non-hydrogen) atoms. The molecule has 0 spiro atoms. The molecule has 1 aromatic carbocycles. The van der Waals surface area contributed by atoms with Crippen LogP contribution in [0.5, 0.6) is 0 Å². The molecule has 1 fully saturated rings. The van der Waals surface area contributed by atoms with Gasteiger partial charge in [0.2, 0.25) is 5.91 Å². The van der Waals surface area contributed by atoms with Crippen LogP contribution in [-0.4, -0.2) is 44.7 Å². The number of nitrogens with zero attached hydrogens (tertiary/aromatic N) is 4. The number of likely N-dealkylation sites (tertiary alicyclic amines) is 1. The summed E-state index contributed by atoms with van der Waals surface area (Å²) in [6, 6.07) is 10.2. The van der Waals surface area contributed by atoms with E-state index in [0.29, 0.717) is 29.3 Å². The van der Waals surface area contributed by atoms with Crippen LogP contribution in [0, 0.1) is 5.82 Å². The molecule has 2 aliphatic rings. The molecule has 0 aliphatic carbocycles. The van der Waals surface area contributed by atoms with Crippen LogP contribution in [0.25, 0.3) is 16.9 Å². The molecule has 2 aliphatic heterocycles. The summed E-state index contributed by atoms with van der Waals surface area (Å²) in [6.45, 7) is 1.13. The summed E-state index contributed by atoms with van der Waals surface area (Å²) < 4.78 is 15.4. The quantitative estimate of drug-likeness (QED) is 0.491. The predicted octanol–water partition coefficient (Wildman–Crippen LogP) is 3.47. The Morgan fingerprint density at radius 3 is 2.76 bits per heavy atom. The Hall–Kier alpha value is -4.27. The number of amides is 2. The largest absolute Gasteiger partial charge is 0.348 e. The molecule has 0 radical (unpaired) electrons. The van der Waals surface area contributed by atoms with Crippen LogP contribution in [0.15, 0.2) is 55.0 Å². The average Bonchev–Trinajstić information content (AvgIpc) is 3.53. The van der Waals surface area contributed by atoms with Gasteiger partial charge in [-0.25, -0.2) is 14.4 Å². The fraction of sp³-hybridized carbons (Fsp3) is 0.200. The maximum Gasteiger partial charge on any atom is 0.254 e. The number of hydrogen-bond acceptors (Lipinski definition) is 5. The van der Waals surface area contributed by atoms with Crippen LogP contribution in [0.4, 0.5) is 15.9 Å². The summed E-state index contributed by atoms with van der Waals surface area (Å²) in [6.07, 6.45) is 5.82. The van der Waals surface area contributed by atoms with Crippen molar-refractivity contribution in [1.29, 1.82) is 0 Å². The SMILES string of the molecule is CN1CC[C@H](c2ccc(Nc3ccc(-c4cnc5cc(F)ccn45)c4c3C(=O)NC4)nc2)C1=O. The zero-order valence-electron chi connectivity index (χ0n) is 18.4. The van der Waals surface area contributed by atoms with E-state index < -0.39 is 0 Å². The monoisotopic (exact) mass is 456 g/mol. The van der Waals surface area contributed by atoms with Crippen LogP contribution in [-0.2, 0) is 11.3 Å². The first-order valence-corrected chi connectivity index (χ1v) is 11.0. The molecule has 1 atom stereocenters. The number of nitrogens with one attached hydrogen (secondary N) is 2. The zero-order valence-corrected chi connectivity index (χ0v) is 18.4. The van der Waals surface area contributed by atoms with Crippen molar-refractivity contribution in [3.63, 3.8) is 0 Å². The molecule has 6 rings (SSSR count). The van der Waals surface area contributed by atoms with E-state index >= 15 is 0 Å². The van der Waals surface area contributed by atoms with Gasteiger partial charge < -0.3 is 15.5 Å². The Morgan fingerprint density at radius 2 is 2.00 bits per heavy atom. The maximum absolute atomic E-state index is 13.6. The first kappa shape index (κ1) is 20.3. The Kier molecular flexibility index (Phi) is 4.58. The Bertz CT molecular complexity index is 1460. The fourth-order valence-corrected chi connectivity index (χ4v) is 4.80. The van der Waals surface area contributed by atoms with E-state index in [4.69, 9.17) is 0 Å². The number of hydrogen-bond donors (Lipinski definition) is 2. The second-order valence-electron chi connectivity index (χ2n) is 8.62. The van der Waals surface area contributed by atoms with Gasteiger partial charge in [-0.1, -0.05) is 12.1 Å². The summed E-state index contributed by atoms with van der Waals surface area (Å²) in [5.74, 6) is 0.0227. The molecule has 0 bridgehead atoms. The van der Waals surface area contributed by atoms with Gasteiger partial charge in [-0.05, 0) is 35.7 Å². The standard InChI is InChI=1S/C25H21FN6O2/c1-31-8-7-16(25(31)34)14-2-5-21(27-11-14)30-19-4-3-17(18-12-29-24(33)23(18)19)20-13-28-22-10-15(26)6-9-32(20)22/h2-6,9-11,13,16H,7-8,12H2,1H3,(H,27,30)(H,29,33)/t16-/m1/s1. The second-order valence-corrected chi connectivity index (χ2v) is 8.62. The number of pyridine rings is 2. The molecule has 0 unspecified atom stereocenters. The molecule has 2 amide bonds. The third-order valence-corrected chi connectivity index (χ3v) is 6.60. The van der Waals surface area contributed by atoms with Gasteiger partial charge in [0, 0.05) is 44.2 Å². The first-order chi connectivity index (χ1) is 16.5. The molecule has 8 nitrogen and oxygen atoms in total. The van der Waals surface area contributed by atoms with E-state index in [-0.39, 0.29) is 23.5 Å². The topological polar surface area (TPSA) is 91.6 Å². The highest BCUT2D eigenvalue weighted by Gasteiger charge is 2.31. The number of carbonyl (C=O) groups excluding carboxylic acids is 2. The number of carbonyl (C=O) groups is 2. The van der Waals surface area contributed by atoms with E-state index in [1.807, 2.05) is 31.3 Å². The Labute approximate surface area is 194 Å². The predicted molar refractivity (Wildman–Crippen MR) is 124 cm³/mol. The summed E-state index contributed by atoms with van der Waals surface area (Å²) >= 11 is 0. The minimum atomic E-state index is -0.353. The molecule has 4 aromatic rings. The normalized spacial score (nSPS) is 17.4.